The molecule has 0 fully saturated rings. The van der Waals surface area contributed by atoms with Crippen LogP contribution in [0.25, 0.3) is 0 Å². The molecule has 0 aliphatic carbocycles. The van der Waals surface area contributed by atoms with E-state index in [2.05, 4.69) is 0 Å². The van der Waals surface area contributed by atoms with Gasteiger partial charge in [-0.3, -0.25) is 4.79 Å². The van der Waals surface area contributed by atoms with Crippen molar-refractivity contribution < 1.29 is 14.4 Å². The fourth-order valence-electron chi connectivity index (χ4n) is 0.645. The molecule has 0 rings (SSSR count). The Morgan fingerprint density at radius 3 is 2.55 bits per heavy atom. The molecule has 0 aliphatic rings. The summed E-state index contributed by atoms with van der Waals surface area (Å²) < 4.78 is 4.93. The van der Waals surface area contributed by atoms with E-state index in [0.717, 1.165) is 13.0 Å². The van der Waals surface area contributed by atoms with Crippen LogP contribution in [0.4, 0.5) is 0 Å². The number of hydrogen-bond donors (Lipinski definition) is 1. The zero-order chi connectivity index (χ0) is 8.69. The van der Waals surface area contributed by atoms with Crippen LogP contribution in [0.5, 0.6) is 0 Å². The highest BCUT2D eigenvalue weighted by Gasteiger charge is 2.00. The quantitative estimate of drug-likeness (QED) is 0.548. The van der Waals surface area contributed by atoms with Gasteiger partial charge in [-0.2, -0.15) is 0 Å². The van der Waals surface area contributed by atoms with Crippen LogP contribution >= 0.6 is 0 Å². The van der Waals surface area contributed by atoms with Gasteiger partial charge in [0.1, 0.15) is 13.2 Å². The molecule has 66 valence electrons. The Morgan fingerprint density at radius 1 is 1.45 bits per heavy atom. The Bertz CT molecular complexity index is 113. The number of hydrogen-bond acceptors (Lipinski definition) is 2. The lowest BCUT2D eigenvalue weighted by Gasteiger charge is -2.07. The van der Waals surface area contributed by atoms with Crippen molar-refractivity contribution in [2.75, 3.05) is 27.2 Å². The van der Waals surface area contributed by atoms with Crippen LogP contribution in [-0.2, 0) is 9.53 Å². The molecule has 11 heavy (non-hydrogen) atoms. The number of quaternary nitrogens is 1. The molecule has 0 heterocycles. The summed E-state index contributed by atoms with van der Waals surface area (Å²) in [7, 11) is 4.07. The van der Waals surface area contributed by atoms with E-state index in [1.165, 1.54) is 4.90 Å². The lowest BCUT2D eigenvalue weighted by Crippen LogP contribution is -3.06. The van der Waals surface area contributed by atoms with Crippen LogP contribution in [0.2, 0.25) is 0 Å². The summed E-state index contributed by atoms with van der Waals surface area (Å²) in [5.41, 5.74) is 0. The van der Waals surface area contributed by atoms with Gasteiger partial charge in [0.25, 0.3) is 0 Å². The molecule has 0 atom stereocenters. The highest BCUT2D eigenvalue weighted by atomic mass is 16.5. The van der Waals surface area contributed by atoms with Crippen LogP contribution in [0.15, 0.2) is 0 Å². The van der Waals surface area contributed by atoms with Crippen molar-refractivity contribution in [1.82, 2.24) is 0 Å². The molecule has 0 aromatic rings. The Morgan fingerprint density at radius 2 is 2.09 bits per heavy atom. The molecule has 0 radical (unpaired) electrons. The third kappa shape index (κ3) is 7.33. The first kappa shape index (κ1) is 10.4. The first-order valence-corrected chi connectivity index (χ1v) is 4.11. The molecule has 0 amide bonds. The van der Waals surface area contributed by atoms with E-state index < -0.39 is 0 Å². The van der Waals surface area contributed by atoms with Crippen LogP contribution in [0, 0.1) is 0 Å². The minimum Gasteiger partial charge on any atom is -0.460 e. The molecule has 0 aromatic carbocycles. The third-order valence-corrected chi connectivity index (χ3v) is 1.32. The van der Waals surface area contributed by atoms with Gasteiger partial charge in [-0.1, -0.05) is 6.92 Å². The highest BCUT2D eigenvalue weighted by molar-refractivity contribution is 5.69. The highest BCUT2D eigenvalue weighted by Crippen LogP contribution is 1.89. The van der Waals surface area contributed by atoms with Crippen molar-refractivity contribution in [1.29, 1.82) is 0 Å². The molecule has 0 spiro atoms. The molecule has 3 nitrogen and oxygen atoms in total. The summed E-state index contributed by atoms with van der Waals surface area (Å²) in [5, 5.41) is 0. The van der Waals surface area contributed by atoms with E-state index in [1.54, 1.807) is 0 Å². The van der Waals surface area contributed by atoms with Crippen LogP contribution < -0.4 is 4.90 Å². The molecule has 0 aromatic heterocycles. The molecule has 0 unspecified atom stereocenters. The van der Waals surface area contributed by atoms with Crippen molar-refractivity contribution in [3.63, 3.8) is 0 Å². The molecule has 0 bridgehead atoms. The predicted molar refractivity (Wildman–Crippen MR) is 43.5 cm³/mol. The van der Waals surface area contributed by atoms with Gasteiger partial charge in [0.15, 0.2) is 0 Å². The Hall–Kier alpha value is -0.570. The van der Waals surface area contributed by atoms with Crippen molar-refractivity contribution >= 4 is 5.97 Å². The maximum atomic E-state index is 10.8. The van der Waals surface area contributed by atoms with E-state index >= 15 is 0 Å². The molecular formula is C8H18NO2+. The number of carbonyl (C=O) groups excluding carboxylic acids is 1. The SMILES string of the molecule is CCCC(=O)OCC[NH+](C)C. The van der Waals surface area contributed by atoms with Gasteiger partial charge in [0, 0.05) is 6.42 Å². The Kier molecular flexibility index (Phi) is 5.84. The third-order valence-electron chi connectivity index (χ3n) is 1.32. The van der Waals surface area contributed by atoms with E-state index in [0.29, 0.717) is 13.0 Å². The Labute approximate surface area is 68.3 Å². The maximum absolute atomic E-state index is 10.8. The van der Waals surface area contributed by atoms with Crippen molar-refractivity contribution in [2.45, 2.75) is 19.8 Å². The second kappa shape index (κ2) is 6.16. The monoisotopic (exact) mass is 160 g/mol. The number of nitrogens with one attached hydrogen (secondary N) is 1. The van der Waals surface area contributed by atoms with Gasteiger partial charge in [-0.05, 0) is 6.42 Å². The predicted octanol–water partition coefficient (Wildman–Crippen LogP) is -0.526. The van der Waals surface area contributed by atoms with Crippen LogP contribution in [-0.4, -0.2) is 33.2 Å². The fraction of sp³-hybridized carbons (Fsp3) is 0.875. The minimum absolute atomic E-state index is 0.0752. The summed E-state index contributed by atoms with van der Waals surface area (Å²) in [5.74, 6) is -0.0752. The molecule has 3 heteroatoms. The minimum atomic E-state index is -0.0752. The number of likely N-dealkylation sites (N-methyl/N-ethyl adjacent to an activating group) is 1. The van der Waals surface area contributed by atoms with E-state index in [1.807, 2.05) is 21.0 Å². The van der Waals surface area contributed by atoms with Crippen LogP contribution in [0.3, 0.4) is 0 Å². The fourth-order valence-corrected chi connectivity index (χ4v) is 0.645. The molecular weight excluding hydrogens is 142 g/mol. The largest absolute Gasteiger partial charge is 0.460 e. The molecule has 1 N–H and O–H groups in total. The van der Waals surface area contributed by atoms with Gasteiger partial charge in [-0.15, -0.1) is 0 Å². The second-order valence-electron chi connectivity index (χ2n) is 2.93. The summed E-state index contributed by atoms with van der Waals surface area (Å²) in [6.07, 6.45) is 1.41. The van der Waals surface area contributed by atoms with Gasteiger partial charge in [0.05, 0.1) is 14.1 Å². The number of carbonyl (C=O) groups is 1. The maximum Gasteiger partial charge on any atom is 0.305 e. The van der Waals surface area contributed by atoms with Gasteiger partial charge in [0.2, 0.25) is 0 Å². The summed E-state index contributed by atoms with van der Waals surface area (Å²) in [6, 6.07) is 0. The number of esters is 1. The smallest absolute Gasteiger partial charge is 0.305 e. The van der Waals surface area contributed by atoms with Crippen LogP contribution in [0.1, 0.15) is 19.8 Å². The molecule has 0 saturated heterocycles. The van der Waals surface area contributed by atoms with Gasteiger partial charge < -0.3 is 9.64 Å². The van der Waals surface area contributed by atoms with E-state index in [9.17, 15) is 4.79 Å². The normalized spacial score (nSPS) is 10.2. The summed E-state index contributed by atoms with van der Waals surface area (Å²) in [6.45, 7) is 3.40. The zero-order valence-corrected chi connectivity index (χ0v) is 7.64. The van der Waals surface area contributed by atoms with Gasteiger partial charge in [-0.25, -0.2) is 0 Å². The van der Waals surface area contributed by atoms with E-state index in [-0.39, 0.29) is 5.97 Å². The number of rotatable bonds is 5. The lowest BCUT2D eigenvalue weighted by atomic mass is 10.3. The first-order valence-electron chi connectivity index (χ1n) is 4.11. The average Bonchev–Trinajstić information content (AvgIpc) is 1.87. The summed E-state index contributed by atoms with van der Waals surface area (Å²) in [4.78, 5) is 12.1. The molecule has 0 aliphatic heterocycles. The standard InChI is InChI=1S/C8H17NO2/c1-4-5-8(10)11-7-6-9(2)3/h4-7H2,1-3H3/p+1. The molecule has 0 saturated carbocycles. The van der Waals surface area contributed by atoms with E-state index in [4.69, 9.17) is 4.74 Å². The summed E-state index contributed by atoms with van der Waals surface area (Å²) >= 11 is 0. The zero-order valence-electron chi connectivity index (χ0n) is 7.64. The second-order valence-corrected chi connectivity index (χ2v) is 2.93. The topological polar surface area (TPSA) is 30.7 Å². The van der Waals surface area contributed by atoms with Crippen molar-refractivity contribution in [3.8, 4) is 0 Å². The van der Waals surface area contributed by atoms with Crippen molar-refractivity contribution in [2.24, 2.45) is 0 Å². The van der Waals surface area contributed by atoms with Crippen molar-refractivity contribution in [3.05, 3.63) is 0 Å². The Balaban J connectivity index is 3.17. The lowest BCUT2D eigenvalue weighted by molar-refractivity contribution is -0.858. The average molecular weight is 160 g/mol. The van der Waals surface area contributed by atoms with Gasteiger partial charge >= 0.3 is 5.97 Å². The first-order chi connectivity index (χ1) is 5.16. The number of ether oxygens (including phenoxy) is 1.